The lowest BCUT2D eigenvalue weighted by molar-refractivity contribution is -0.127. The smallest absolute Gasteiger partial charge is 0.253 e. The van der Waals surface area contributed by atoms with E-state index in [1.54, 1.807) is 4.90 Å². The van der Waals surface area contributed by atoms with Crippen LogP contribution in [0.25, 0.3) is 0 Å². The van der Waals surface area contributed by atoms with Crippen molar-refractivity contribution in [3.05, 3.63) is 35.9 Å². The van der Waals surface area contributed by atoms with Crippen LogP contribution in [0.3, 0.4) is 0 Å². The van der Waals surface area contributed by atoms with Crippen LogP contribution in [-0.4, -0.2) is 42.0 Å². The van der Waals surface area contributed by atoms with E-state index in [4.69, 9.17) is 0 Å². The Kier molecular flexibility index (Phi) is 5.71. The molecule has 1 aromatic carbocycles. The highest BCUT2D eigenvalue weighted by atomic mass is 16.2. The fraction of sp³-hybridized carbons (Fsp3) is 0.579. The Hall–Kier alpha value is -1.92. The topological polar surface area (TPSA) is 73.5 Å². The Morgan fingerprint density at radius 2 is 1.96 bits per heavy atom. The Balaban J connectivity index is 1.54. The second-order valence-corrected chi connectivity index (χ2v) is 7.39. The van der Waals surface area contributed by atoms with Crippen LogP contribution >= 0.6 is 0 Å². The maximum Gasteiger partial charge on any atom is 0.253 e. The Morgan fingerprint density at radius 1 is 1.20 bits per heavy atom. The largest absolute Gasteiger partial charge is 0.339 e. The lowest BCUT2D eigenvalue weighted by Gasteiger charge is -2.32. The minimum Gasteiger partial charge on any atom is -0.339 e. The quantitative estimate of drug-likeness (QED) is 0.774. The van der Waals surface area contributed by atoms with Crippen molar-refractivity contribution in [2.75, 3.05) is 13.1 Å². The minimum atomic E-state index is -0.138. The van der Waals surface area contributed by atoms with Gasteiger partial charge < -0.3 is 10.2 Å². The summed E-state index contributed by atoms with van der Waals surface area (Å²) in [5.74, 6) is 0.428. The van der Waals surface area contributed by atoms with Crippen LogP contribution in [0.15, 0.2) is 30.3 Å². The number of amides is 2. The SMILES string of the molecule is CC(C)C1CC(NC(=O)C2CCCN(C(=O)c3ccccc3)C2)NN1. The summed E-state index contributed by atoms with van der Waals surface area (Å²) >= 11 is 0. The van der Waals surface area contributed by atoms with E-state index in [-0.39, 0.29) is 23.9 Å². The molecule has 1 aromatic rings. The van der Waals surface area contributed by atoms with Gasteiger partial charge in [0.2, 0.25) is 5.91 Å². The lowest BCUT2D eigenvalue weighted by Crippen LogP contribution is -2.50. The van der Waals surface area contributed by atoms with Crippen LogP contribution in [0.4, 0.5) is 0 Å². The van der Waals surface area contributed by atoms with Crippen LogP contribution in [0.1, 0.15) is 43.5 Å². The zero-order valence-electron chi connectivity index (χ0n) is 15.0. The second-order valence-electron chi connectivity index (χ2n) is 7.39. The van der Waals surface area contributed by atoms with Gasteiger partial charge in [-0.15, -0.1) is 0 Å². The highest BCUT2D eigenvalue weighted by molar-refractivity contribution is 5.94. The molecule has 2 fully saturated rings. The van der Waals surface area contributed by atoms with E-state index < -0.39 is 0 Å². The summed E-state index contributed by atoms with van der Waals surface area (Å²) in [7, 11) is 0. The summed E-state index contributed by atoms with van der Waals surface area (Å²) in [6.07, 6.45) is 2.53. The molecular weight excluding hydrogens is 316 g/mol. The molecular formula is C19H28N4O2. The highest BCUT2D eigenvalue weighted by Gasteiger charge is 2.32. The molecule has 3 N–H and O–H groups in total. The van der Waals surface area contributed by atoms with Gasteiger partial charge in [-0.2, -0.15) is 0 Å². The van der Waals surface area contributed by atoms with Gasteiger partial charge in [-0.25, -0.2) is 5.43 Å². The first-order valence-electron chi connectivity index (χ1n) is 9.20. The first kappa shape index (κ1) is 17.9. The van der Waals surface area contributed by atoms with Gasteiger partial charge in [-0.05, 0) is 37.3 Å². The van der Waals surface area contributed by atoms with E-state index in [0.29, 0.717) is 24.1 Å². The summed E-state index contributed by atoms with van der Waals surface area (Å²) in [6.45, 7) is 5.54. The zero-order valence-corrected chi connectivity index (χ0v) is 15.0. The summed E-state index contributed by atoms with van der Waals surface area (Å²) in [5.41, 5.74) is 7.07. The maximum atomic E-state index is 12.6. The number of carbonyl (C=O) groups is 2. The summed E-state index contributed by atoms with van der Waals surface area (Å²) in [4.78, 5) is 27.0. The van der Waals surface area contributed by atoms with Gasteiger partial charge in [-0.1, -0.05) is 32.0 Å². The van der Waals surface area contributed by atoms with Crippen molar-refractivity contribution in [1.82, 2.24) is 21.1 Å². The highest BCUT2D eigenvalue weighted by Crippen LogP contribution is 2.20. The number of rotatable bonds is 4. The molecule has 3 unspecified atom stereocenters. The van der Waals surface area contributed by atoms with Crippen molar-refractivity contribution in [3.63, 3.8) is 0 Å². The number of carbonyl (C=O) groups excluding carboxylic acids is 2. The predicted molar refractivity (Wildman–Crippen MR) is 96.5 cm³/mol. The van der Waals surface area contributed by atoms with Gasteiger partial charge in [0, 0.05) is 24.7 Å². The number of likely N-dealkylation sites (tertiary alicyclic amines) is 1. The fourth-order valence-electron chi connectivity index (χ4n) is 3.54. The third-order valence-electron chi connectivity index (χ3n) is 5.15. The monoisotopic (exact) mass is 344 g/mol. The normalized spacial score (nSPS) is 26.7. The van der Waals surface area contributed by atoms with Gasteiger partial charge in [0.05, 0.1) is 12.1 Å². The molecule has 2 aliphatic rings. The van der Waals surface area contributed by atoms with Gasteiger partial charge in [-0.3, -0.25) is 15.0 Å². The molecule has 3 atom stereocenters. The zero-order chi connectivity index (χ0) is 17.8. The van der Waals surface area contributed by atoms with E-state index in [9.17, 15) is 9.59 Å². The number of benzene rings is 1. The maximum absolute atomic E-state index is 12.6. The minimum absolute atomic E-state index is 0.0126. The molecule has 0 bridgehead atoms. The molecule has 2 saturated heterocycles. The van der Waals surface area contributed by atoms with Crippen LogP contribution in [0.5, 0.6) is 0 Å². The van der Waals surface area contributed by atoms with Gasteiger partial charge in [0.15, 0.2) is 0 Å². The van der Waals surface area contributed by atoms with Crippen LogP contribution in [0, 0.1) is 11.8 Å². The summed E-state index contributed by atoms with van der Waals surface area (Å²) < 4.78 is 0. The average Bonchev–Trinajstić information content (AvgIpc) is 3.11. The Bertz CT molecular complexity index is 605. The first-order valence-corrected chi connectivity index (χ1v) is 9.20. The molecule has 25 heavy (non-hydrogen) atoms. The standard InChI is InChI=1S/C19H28N4O2/c1-13(2)16-11-17(22-21-16)20-18(24)15-9-6-10-23(12-15)19(25)14-7-4-3-5-8-14/h3-5,7-8,13,15-17,21-22H,6,9-12H2,1-2H3,(H,20,24). The summed E-state index contributed by atoms with van der Waals surface area (Å²) in [6, 6.07) is 9.65. The Labute approximate surface area is 149 Å². The number of nitrogens with one attached hydrogen (secondary N) is 3. The van der Waals surface area contributed by atoms with Crippen LogP contribution < -0.4 is 16.2 Å². The molecule has 3 rings (SSSR count). The third-order valence-corrected chi connectivity index (χ3v) is 5.15. The van der Waals surface area contributed by atoms with Gasteiger partial charge >= 0.3 is 0 Å². The molecule has 0 aromatic heterocycles. The molecule has 0 saturated carbocycles. The molecule has 0 spiro atoms. The molecule has 0 radical (unpaired) electrons. The van der Waals surface area contributed by atoms with Gasteiger partial charge in [0.1, 0.15) is 0 Å². The first-order chi connectivity index (χ1) is 12.0. The number of hydrazine groups is 1. The molecule has 6 heteroatoms. The molecule has 2 amide bonds. The fourth-order valence-corrected chi connectivity index (χ4v) is 3.54. The molecule has 6 nitrogen and oxygen atoms in total. The third kappa shape index (κ3) is 4.38. The van der Waals surface area contributed by atoms with E-state index in [0.717, 1.165) is 25.8 Å². The van der Waals surface area contributed by atoms with E-state index in [1.165, 1.54) is 0 Å². The van der Waals surface area contributed by atoms with Crippen molar-refractivity contribution in [1.29, 1.82) is 0 Å². The predicted octanol–water partition coefficient (Wildman–Crippen LogP) is 1.50. The second kappa shape index (κ2) is 7.97. The van der Waals surface area contributed by atoms with Crippen LogP contribution in [0.2, 0.25) is 0 Å². The van der Waals surface area contributed by atoms with Crippen molar-refractivity contribution in [3.8, 4) is 0 Å². The summed E-state index contributed by atoms with van der Waals surface area (Å²) in [5, 5.41) is 3.08. The van der Waals surface area contributed by atoms with Crippen LogP contribution in [-0.2, 0) is 4.79 Å². The molecule has 2 aliphatic heterocycles. The van der Waals surface area contributed by atoms with Gasteiger partial charge in [0.25, 0.3) is 5.91 Å². The van der Waals surface area contributed by atoms with E-state index in [1.807, 2.05) is 30.3 Å². The lowest BCUT2D eigenvalue weighted by atomic mass is 9.96. The number of hydrogen-bond donors (Lipinski definition) is 3. The number of piperidine rings is 1. The van der Waals surface area contributed by atoms with E-state index >= 15 is 0 Å². The molecule has 2 heterocycles. The number of hydrogen-bond acceptors (Lipinski definition) is 4. The van der Waals surface area contributed by atoms with Crippen molar-refractivity contribution >= 4 is 11.8 Å². The average molecular weight is 344 g/mol. The molecule has 0 aliphatic carbocycles. The van der Waals surface area contributed by atoms with Crippen molar-refractivity contribution in [2.24, 2.45) is 11.8 Å². The Morgan fingerprint density at radius 3 is 2.64 bits per heavy atom. The number of nitrogens with zero attached hydrogens (tertiary/aromatic N) is 1. The van der Waals surface area contributed by atoms with Crippen molar-refractivity contribution in [2.45, 2.75) is 45.3 Å². The molecule has 136 valence electrons. The van der Waals surface area contributed by atoms with Crippen molar-refractivity contribution < 1.29 is 9.59 Å². The van der Waals surface area contributed by atoms with E-state index in [2.05, 4.69) is 30.0 Å².